The molecule has 1 aromatic carbocycles. The molecule has 6 nitrogen and oxygen atoms in total. The molecule has 0 atom stereocenters. The van der Waals surface area contributed by atoms with E-state index in [4.69, 9.17) is 5.26 Å². The number of nitrogens with one attached hydrogen (secondary N) is 1. The van der Waals surface area contributed by atoms with Crippen LogP contribution in [0.15, 0.2) is 36.7 Å². The van der Waals surface area contributed by atoms with E-state index in [0.717, 1.165) is 5.56 Å². The van der Waals surface area contributed by atoms with Gasteiger partial charge in [-0.05, 0) is 29.7 Å². The first-order chi connectivity index (χ1) is 9.98. The van der Waals surface area contributed by atoms with Crippen molar-refractivity contribution in [3.05, 3.63) is 53.3 Å². The monoisotopic (exact) mass is 304 g/mol. The quantitative estimate of drug-likeness (QED) is 0.861. The number of nitriles is 1. The molecule has 1 heterocycles. The first kappa shape index (κ1) is 15.2. The van der Waals surface area contributed by atoms with E-state index in [0.29, 0.717) is 24.1 Å². The molecule has 7 heteroatoms. The smallest absolute Gasteiger partial charge is 0.215 e. The van der Waals surface area contributed by atoms with E-state index >= 15 is 0 Å². The van der Waals surface area contributed by atoms with E-state index in [1.807, 2.05) is 19.3 Å². The zero-order chi connectivity index (χ0) is 15.3. The van der Waals surface area contributed by atoms with Gasteiger partial charge in [0.15, 0.2) is 0 Å². The van der Waals surface area contributed by atoms with Gasteiger partial charge in [-0.1, -0.05) is 12.1 Å². The molecule has 0 unspecified atom stereocenters. The summed E-state index contributed by atoms with van der Waals surface area (Å²) in [4.78, 5) is 0. The molecule has 0 fully saturated rings. The van der Waals surface area contributed by atoms with Crippen molar-refractivity contribution in [1.29, 1.82) is 5.26 Å². The molecule has 1 aromatic heterocycles. The number of hydrogen-bond acceptors (Lipinski definition) is 4. The van der Waals surface area contributed by atoms with Crippen molar-refractivity contribution in [3.63, 3.8) is 0 Å². The van der Waals surface area contributed by atoms with Gasteiger partial charge in [0.25, 0.3) is 0 Å². The average Bonchev–Trinajstić information content (AvgIpc) is 2.84. The largest absolute Gasteiger partial charge is 0.276 e. The second-order valence-electron chi connectivity index (χ2n) is 4.73. The summed E-state index contributed by atoms with van der Waals surface area (Å²) in [5.74, 6) is -0.0915. The number of aryl methyl sites for hydroxylation is 1. The third-order valence-electron chi connectivity index (χ3n) is 2.93. The Hall–Kier alpha value is -2.17. The average molecular weight is 304 g/mol. The summed E-state index contributed by atoms with van der Waals surface area (Å²) in [6.45, 7) is 0.338. The normalized spacial score (nSPS) is 11.2. The predicted molar refractivity (Wildman–Crippen MR) is 78.7 cm³/mol. The Kier molecular flexibility index (Phi) is 4.73. The van der Waals surface area contributed by atoms with Gasteiger partial charge in [0, 0.05) is 19.8 Å². The topological polar surface area (TPSA) is 87.8 Å². The maximum Gasteiger partial charge on any atom is 0.215 e. The molecule has 0 radical (unpaired) electrons. The highest BCUT2D eigenvalue weighted by Gasteiger charge is 2.11. The van der Waals surface area contributed by atoms with Gasteiger partial charge >= 0.3 is 0 Å². The van der Waals surface area contributed by atoms with Crippen LogP contribution in [0.2, 0.25) is 0 Å². The first-order valence-corrected chi connectivity index (χ1v) is 8.07. The fourth-order valence-electron chi connectivity index (χ4n) is 1.90. The molecular formula is C14H16N4O2S. The van der Waals surface area contributed by atoms with Gasteiger partial charge in [0.2, 0.25) is 10.0 Å². The van der Waals surface area contributed by atoms with Gasteiger partial charge in [0.05, 0.1) is 23.6 Å². The third kappa shape index (κ3) is 4.70. The summed E-state index contributed by atoms with van der Waals surface area (Å²) in [5, 5.41) is 12.7. The van der Waals surface area contributed by atoms with Crippen LogP contribution in [0.3, 0.4) is 0 Å². The Labute approximate surface area is 124 Å². The van der Waals surface area contributed by atoms with Crippen LogP contribution in [0.5, 0.6) is 0 Å². The summed E-state index contributed by atoms with van der Waals surface area (Å²) in [7, 11) is -1.56. The van der Waals surface area contributed by atoms with Crippen molar-refractivity contribution in [1.82, 2.24) is 14.5 Å². The lowest BCUT2D eigenvalue weighted by Crippen LogP contribution is -2.27. The molecule has 21 heavy (non-hydrogen) atoms. The minimum atomic E-state index is -3.38. The first-order valence-electron chi connectivity index (χ1n) is 6.42. The van der Waals surface area contributed by atoms with Crippen LogP contribution >= 0.6 is 0 Å². The molecule has 0 saturated carbocycles. The molecule has 0 aliphatic rings. The van der Waals surface area contributed by atoms with Crippen LogP contribution in [0.4, 0.5) is 0 Å². The molecule has 0 amide bonds. The van der Waals surface area contributed by atoms with Crippen molar-refractivity contribution in [2.24, 2.45) is 7.05 Å². The number of nitrogens with zero attached hydrogens (tertiary/aromatic N) is 3. The second-order valence-corrected chi connectivity index (χ2v) is 6.54. The van der Waals surface area contributed by atoms with E-state index in [1.54, 1.807) is 35.1 Å². The van der Waals surface area contributed by atoms with Gasteiger partial charge in [-0.3, -0.25) is 4.68 Å². The fourth-order valence-corrected chi connectivity index (χ4v) is 3.04. The van der Waals surface area contributed by atoms with Crippen molar-refractivity contribution < 1.29 is 8.42 Å². The number of sulfonamides is 1. The summed E-state index contributed by atoms with van der Waals surface area (Å²) in [5.41, 5.74) is 2.15. The number of benzene rings is 1. The van der Waals surface area contributed by atoms with Gasteiger partial charge in [-0.15, -0.1) is 0 Å². The maximum absolute atomic E-state index is 12.0. The zero-order valence-electron chi connectivity index (χ0n) is 11.7. The van der Waals surface area contributed by atoms with Gasteiger partial charge in [-0.25, -0.2) is 13.1 Å². The number of rotatable bonds is 6. The lowest BCUT2D eigenvalue weighted by atomic mass is 10.2. The Morgan fingerprint density at radius 2 is 2.00 bits per heavy atom. The van der Waals surface area contributed by atoms with Crippen LogP contribution < -0.4 is 4.72 Å². The Balaban J connectivity index is 1.88. The molecule has 0 spiro atoms. The standard InChI is InChI=1S/C14H16N4O2S/c1-18-10-14(9-16-18)6-7-17-21(19,20)11-13-4-2-12(8-15)3-5-13/h2-5,9-10,17H,6-7,11H2,1H3. The van der Waals surface area contributed by atoms with Crippen LogP contribution in [0, 0.1) is 11.3 Å². The lowest BCUT2D eigenvalue weighted by Gasteiger charge is -2.06. The number of hydrogen-bond donors (Lipinski definition) is 1. The Bertz CT molecular complexity index is 742. The minimum absolute atomic E-state index is 0.0915. The molecular weight excluding hydrogens is 288 g/mol. The SMILES string of the molecule is Cn1cc(CCNS(=O)(=O)Cc2ccc(C#N)cc2)cn1. The molecule has 1 N–H and O–H groups in total. The highest BCUT2D eigenvalue weighted by molar-refractivity contribution is 7.88. The summed E-state index contributed by atoms with van der Waals surface area (Å²) in [6.07, 6.45) is 4.17. The van der Waals surface area contributed by atoms with Crippen LogP contribution in [-0.4, -0.2) is 24.7 Å². The lowest BCUT2D eigenvalue weighted by molar-refractivity contribution is 0.581. The highest BCUT2D eigenvalue weighted by atomic mass is 32.2. The van der Waals surface area contributed by atoms with E-state index < -0.39 is 10.0 Å². The third-order valence-corrected chi connectivity index (χ3v) is 4.29. The van der Waals surface area contributed by atoms with Gasteiger partial charge in [0.1, 0.15) is 0 Å². The Morgan fingerprint density at radius 1 is 1.29 bits per heavy atom. The van der Waals surface area contributed by atoms with E-state index in [-0.39, 0.29) is 5.75 Å². The zero-order valence-corrected chi connectivity index (χ0v) is 12.5. The van der Waals surface area contributed by atoms with Crippen molar-refractivity contribution >= 4 is 10.0 Å². The predicted octanol–water partition coefficient (Wildman–Crippen LogP) is 0.954. The highest BCUT2D eigenvalue weighted by Crippen LogP contribution is 2.07. The van der Waals surface area contributed by atoms with Crippen LogP contribution in [-0.2, 0) is 29.2 Å². The molecule has 0 aliphatic carbocycles. The summed E-state index contributed by atoms with van der Waals surface area (Å²) < 4.78 is 28.2. The van der Waals surface area contributed by atoms with Crippen molar-refractivity contribution in [2.75, 3.05) is 6.54 Å². The summed E-state index contributed by atoms with van der Waals surface area (Å²) in [6, 6.07) is 8.53. The van der Waals surface area contributed by atoms with Crippen molar-refractivity contribution in [3.8, 4) is 6.07 Å². The Morgan fingerprint density at radius 3 is 2.57 bits per heavy atom. The number of aromatic nitrogens is 2. The molecule has 2 rings (SSSR count). The molecule has 0 aliphatic heterocycles. The fraction of sp³-hybridized carbons (Fsp3) is 0.286. The van der Waals surface area contributed by atoms with E-state index in [1.165, 1.54) is 0 Å². The second kappa shape index (κ2) is 6.52. The minimum Gasteiger partial charge on any atom is -0.276 e. The van der Waals surface area contributed by atoms with E-state index in [9.17, 15) is 8.42 Å². The van der Waals surface area contributed by atoms with Gasteiger partial charge < -0.3 is 0 Å². The van der Waals surface area contributed by atoms with Crippen molar-refractivity contribution in [2.45, 2.75) is 12.2 Å². The van der Waals surface area contributed by atoms with Crippen LogP contribution in [0.1, 0.15) is 16.7 Å². The van der Waals surface area contributed by atoms with E-state index in [2.05, 4.69) is 9.82 Å². The summed E-state index contributed by atoms with van der Waals surface area (Å²) >= 11 is 0. The molecule has 0 saturated heterocycles. The maximum atomic E-state index is 12.0. The van der Waals surface area contributed by atoms with Gasteiger partial charge in [-0.2, -0.15) is 10.4 Å². The van der Waals surface area contributed by atoms with Crippen LogP contribution in [0.25, 0.3) is 0 Å². The molecule has 2 aromatic rings. The molecule has 0 bridgehead atoms. The molecule has 110 valence electrons.